The monoisotopic (exact) mass is 176 g/mol. The third-order valence-corrected chi connectivity index (χ3v) is 2.63. The van der Waals surface area contributed by atoms with Crippen molar-refractivity contribution in [2.75, 3.05) is 25.9 Å². The fourth-order valence-electron chi connectivity index (χ4n) is 0.998. The number of carbonyl (C=O) groups excluding carboxylic acids is 1. The third kappa shape index (κ3) is 2.59. The number of carbonyl (C=O) groups is 1. The van der Waals surface area contributed by atoms with Crippen molar-refractivity contribution in [1.29, 1.82) is 0 Å². The van der Waals surface area contributed by atoms with Crippen LogP contribution in [0.15, 0.2) is 0 Å². The minimum Gasteiger partial charge on any atom is -0.355 e. The number of rotatable bonds is 1. The minimum absolute atomic E-state index is 0.0299. The Labute approximate surface area is 68.5 Å². The van der Waals surface area contributed by atoms with E-state index in [1.54, 1.807) is 10.6 Å². The molecule has 0 spiro atoms. The SMILES string of the molecule is CS(=O)N1CCCNC(=O)C1. The standard InChI is InChI=1S/C6H12N2O2S/c1-11(10)8-4-2-3-7-6(9)5-8/h2-5H2,1H3,(H,7,9). The maximum Gasteiger partial charge on any atom is 0.235 e. The van der Waals surface area contributed by atoms with Crippen molar-refractivity contribution in [1.82, 2.24) is 9.62 Å². The van der Waals surface area contributed by atoms with Crippen LogP contribution in [0.2, 0.25) is 0 Å². The largest absolute Gasteiger partial charge is 0.355 e. The number of amides is 1. The van der Waals surface area contributed by atoms with Crippen molar-refractivity contribution in [2.45, 2.75) is 6.42 Å². The lowest BCUT2D eigenvalue weighted by Gasteiger charge is -2.13. The van der Waals surface area contributed by atoms with Crippen LogP contribution in [-0.2, 0) is 15.8 Å². The van der Waals surface area contributed by atoms with Gasteiger partial charge in [0.15, 0.2) is 0 Å². The predicted molar refractivity (Wildman–Crippen MR) is 43.3 cm³/mol. The van der Waals surface area contributed by atoms with Crippen LogP contribution < -0.4 is 5.32 Å². The zero-order valence-electron chi connectivity index (χ0n) is 6.50. The topological polar surface area (TPSA) is 49.4 Å². The van der Waals surface area contributed by atoms with Gasteiger partial charge in [-0.15, -0.1) is 0 Å². The lowest BCUT2D eigenvalue weighted by Crippen LogP contribution is -2.33. The van der Waals surface area contributed by atoms with Crippen LogP contribution in [0, 0.1) is 0 Å². The van der Waals surface area contributed by atoms with Crippen LogP contribution in [0.5, 0.6) is 0 Å². The molecule has 0 aromatic rings. The first-order valence-electron chi connectivity index (χ1n) is 3.55. The van der Waals surface area contributed by atoms with E-state index in [0.29, 0.717) is 6.54 Å². The molecule has 1 N–H and O–H groups in total. The third-order valence-electron chi connectivity index (χ3n) is 1.59. The molecule has 1 aliphatic heterocycles. The lowest BCUT2D eigenvalue weighted by molar-refractivity contribution is -0.120. The summed E-state index contributed by atoms with van der Waals surface area (Å²) >= 11 is 0. The predicted octanol–water partition coefficient (Wildman–Crippen LogP) is -0.898. The summed E-state index contributed by atoms with van der Waals surface area (Å²) in [6.45, 7) is 1.71. The van der Waals surface area contributed by atoms with E-state index < -0.39 is 11.0 Å². The summed E-state index contributed by atoms with van der Waals surface area (Å²) in [5, 5.41) is 2.71. The van der Waals surface area contributed by atoms with Crippen LogP contribution in [0.3, 0.4) is 0 Å². The molecule has 1 rings (SSSR count). The molecule has 0 aromatic carbocycles. The quantitative estimate of drug-likeness (QED) is 0.563. The first-order chi connectivity index (χ1) is 5.20. The molecular weight excluding hydrogens is 164 g/mol. The Kier molecular flexibility index (Phi) is 3.02. The molecule has 1 heterocycles. The van der Waals surface area contributed by atoms with Crippen LogP contribution in [0.4, 0.5) is 0 Å². The van der Waals surface area contributed by atoms with Gasteiger partial charge in [0.25, 0.3) is 0 Å². The zero-order chi connectivity index (χ0) is 8.27. The van der Waals surface area contributed by atoms with E-state index in [4.69, 9.17) is 0 Å². The van der Waals surface area contributed by atoms with Crippen molar-refractivity contribution >= 4 is 16.9 Å². The first-order valence-corrected chi connectivity index (χ1v) is 5.07. The van der Waals surface area contributed by atoms with Gasteiger partial charge in [-0.05, 0) is 6.42 Å². The van der Waals surface area contributed by atoms with Gasteiger partial charge in [0.1, 0.15) is 0 Å². The summed E-state index contributed by atoms with van der Waals surface area (Å²) in [6, 6.07) is 0. The molecule has 0 aromatic heterocycles. The minimum atomic E-state index is -1.01. The second-order valence-electron chi connectivity index (χ2n) is 2.49. The van der Waals surface area contributed by atoms with E-state index >= 15 is 0 Å². The summed E-state index contributed by atoms with van der Waals surface area (Å²) in [7, 11) is -1.01. The molecule has 1 saturated heterocycles. The van der Waals surface area contributed by atoms with E-state index in [9.17, 15) is 9.00 Å². The van der Waals surface area contributed by atoms with Crippen LogP contribution in [-0.4, -0.2) is 40.3 Å². The molecule has 0 saturated carbocycles. The van der Waals surface area contributed by atoms with Crippen LogP contribution >= 0.6 is 0 Å². The number of nitrogens with one attached hydrogen (secondary N) is 1. The lowest BCUT2D eigenvalue weighted by atomic mass is 10.4. The Bertz CT molecular complexity index is 183. The Morgan fingerprint density at radius 3 is 3.00 bits per heavy atom. The Balaban J connectivity index is 2.52. The Morgan fingerprint density at radius 2 is 2.36 bits per heavy atom. The number of hydrogen-bond donors (Lipinski definition) is 1. The maximum atomic E-state index is 11.0. The van der Waals surface area contributed by atoms with Crippen LogP contribution in [0.25, 0.3) is 0 Å². The van der Waals surface area contributed by atoms with E-state index in [1.165, 1.54) is 0 Å². The van der Waals surface area contributed by atoms with Crippen molar-refractivity contribution in [3.63, 3.8) is 0 Å². The van der Waals surface area contributed by atoms with Crippen molar-refractivity contribution in [3.8, 4) is 0 Å². The van der Waals surface area contributed by atoms with Gasteiger partial charge < -0.3 is 5.32 Å². The molecule has 11 heavy (non-hydrogen) atoms. The molecule has 64 valence electrons. The fourth-order valence-corrected chi connectivity index (χ4v) is 1.68. The molecule has 1 fully saturated rings. The summed E-state index contributed by atoms with van der Waals surface area (Å²) in [5.41, 5.74) is 0. The molecular formula is C6H12N2O2S. The number of hydrogen-bond acceptors (Lipinski definition) is 2. The highest BCUT2D eigenvalue weighted by molar-refractivity contribution is 7.81. The molecule has 1 atom stereocenters. The maximum absolute atomic E-state index is 11.0. The van der Waals surface area contributed by atoms with E-state index in [0.717, 1.165) is 13.0 Å². The second-order valence-corrected chi connectivity index (χ2v) is 3.85. The smallest absolute Gasteiger partial charge is 0.235 e. The fraction of sp³-hybridized carbons (Fsp3) is 0.833. The normalized spacial score (nSPS) is 23.9. The van der Waals surface area contributed by atoms with Crippen molar-refractivity contribution in [3.05, 3.63) is 0 Å². The van der Waals surface area contributed by atoms with Crippen molar-refractivity contribution < 1.29 is 9.00 Å². The summed E-state index contributed by atoms with van der Waals surface area (Å²) in [6.07, 6.45) is 2.48. The molecule has 0 radical (unpaired) electrons. The highest BCUT2D eigenvalue weighted by Gasteiger charge is 2.16. The molecule has 0 bridgehead atoms. The van der Waals surface area contributed by atoms with E-state index in [-0.39, 0.29) is 12.5 Å². The second kappa shape index (κ2) is 3.82. The van der Waals surface area contributed by atoms with Crippen LogP contribution in [0.1, 0.15) is 6.42 Å². The van der Waals surface area contributed by atoms with Crippen molar-refractivity contribution in [2.24, 2.45) is 0 Å². The van der Waals surface area contributed by atoms with Gasteiger partial charge in [-0.25, -0.2) is 8.51 Å². The van der Waals surface area contributed by atoms with E-state index in [2.05, 4.69) is 5.32 Å². The molecule has 5 heteroatoms. The Hall–Kier alpha value is -0.420. The molecule has 1 amide bonds. The average Bonchev–Trinajstić information content (AvgIpc) is 2.13. The van der Waals surface area contributed by atoms with E-state index in [1.807, 2.05) is 0 Å². The molecule has 4 nitrogen and oxygen atoms in total. The van der Waals surface area contributed by atoms with Gasteiger partial charge in [0.2, 0.25) is 5.91 Å². The van der Waals surface area contributed by atoms with Gasteiger partial charge in [0.05, 0.1) is 17.5 Å². The highest BCUT2D eigenvalue weighted by Crippen LogP contribution is 1.97. The van der Waals surface area contributed by atoms with Gasteiger partial charge in [-0.3, -0.25) is 4.79 Å². The highest BCUT2D eigenvalue weighted by atomic mass is 32.2. The molecule has 1 unspecified atom stereocenters. The van der Waals surface area contributed by atoms with Gasteiger partial charge in [-0.1, -0.05) is 0 Å². The summed E-state index contributed by atoms with van der Waals surface area (Å²) in [4.78, 5) is 10.9. The molecule has 1 aliphatic rings. The summed E-state index contributed by atoms with van der Waals surface area (Å²) < 4.78 is 12.6. The Morgan fingerprint density at radius 1 is 1.64 bits per heavy atom. The zero-order valence-corrected chi connectivity index (χ0v) is 7.32. The average molecular weight is 176 g/mol. The van der Waals surface area contributed by atoms with Gasteiger partial charge >= 0.3 is 0 Å². The van der Waals surface area contributed by atoms with Gasteiger partial charge in [0, 0.05) is 19.3 Å². The molecule has 0 aliphatic carbocycles. The van der Waals surface area contributed by atoms with Gasteiger partial charge in [-0.2, -0.15) is 0 Å². The first kappa shape index (κ1) is 8.67. The number of nitrogens with zero attached hydrogens (tertiary/aromatic N) is 1. The summed E-state index contributed by atoms with van der Waals surface area (Å²) in [5.74, 6) is -0.0299.